The molecule has 1 aromatic carbocycles. The van der Waals surface area contributed by atoms with Crippen molar-refractivity contribution in [1.29, 1.82) is 0 Å². The molecule has 1 saturated heterocycles. The molecule has 1 aromatic rings. The fraction of sp³-hybridized carbons (Fsp3) is 0.462. The van der Waals surface area contributed by atoms with Crippen molar-refractivity contribution in [3.63, 3.8) is 0 Å². The van der Waals surface area contributed by atoms with Gasteiger partial charge in [-0.05, 0) is 24.1 Å². The Kier molecular flexibility index (Phi) is 3.93. The molecule has 1 heterocycles. The molecule has 1 unspecified atom stereocenters. The number of aliphatic hydroxyl groups excluding tert-OH is 1. The van der Waals surface area contributed by atoms with Crippen molar-refractivity contribution in [2.75, 3.05) is 20.2 Å². The van der Waals surface area contributed by atoms with E-state index in [1.807, 2.05) is 0 Å². The quantitative estimate of drug-likeness (QED) is 0.822. The van der Waals surface area contributed by atoms with Gasteiger partial charge in [0, 0.05) is 19.6 Å². The minimum absolute atomic E-state index is 0.0530. The second kappa shape index (κ2) is 5.46. The summed E-state index contributed by atoms with van der Waals surface area (Å²) in [6, 6.07) is 4.49. The third-order valence-corrected chi connectivity index (χ3v) is 3.09. The van der Waals surface area contributed by atoms with Gasteiger partial charge in [-0.15, -0.1) is 0 Å². The maximum atomic E-state index is 13.7. The molecule has 1 atom stereocenters. The minimum atomic E-state index is -0.671. The molecule has 4 nitrogen and oxygen atoms in total. The van der Waals surface area contributed by atoms with Crippen LogP contribution in [-0.4, -0.2) is 42.3 Å². The molecule has 0 aliphatic carbocycles. The summed E-state index contributed by atoms with van der Waals surface area (Å²) < 4.78 is 18.2. The van der Waals surface area contributed by atoms with E-state index in [1.54, 1.807) is 6.07 Å². The molecule has 0 amide bonds. The van der Waals surface area contributed by atoms with Gasteiger partial charge in [-0.25, -0.2) is 9.18 Å². The number of carbonyl (C=O) groups excluding carboxylic acids is 1. The summed E-state index contributed by atoms with van der Waals surface area (Å²) in [6.07, 6.45) is 0.465. The van der Waals surface area contributed by atoms with Crippen LogP contribution in [0, 0.1) is 5.82 Å². The van der Waals surface area contributed by atoms with Crippen molar-refractivity contribution in [3.8, 4) is 0 Å². The number of methoxy groups -OCH3 is 1. The van der Waals surface area contributed by atoms with E-state index < -0.39 is 11.8 Å². The van der Waals surface area contributed by atoms with Crippen LogP contribution in [0.15, 0.2) is 18.2 Å². The average Bonchev–Trinajstić information content (AvgIpc) is 2.74. The molecule has 98 valence electrons. The maximum Gasteiger partial charge on any atom is 0.340 e. The van der Waals surface area contributed by atoms with Gasteiger partial charge in [0.15, 0.2) is 0 Å². The molecule has 1 aliphatic rings. The molecule has 1 aliphatic heterocycles. The van der Waals surface area contributed by atoms with Crippen LogP contribution in [0.4, 0.5) is 4.39 Å². The van der Waals surface area contributed by atoms with Crippen LogP contribution in [-0.2, 0) is 11.3 Å². The molecule has 0 bridgehead atoms. The normalized spacial score (nSPS) is 20.1. The maximum absolute atomic E-state index is 13.7. The van der Waals surface area contributed by atoms with Gasteiger partial charge < -0.3 is 9.84 Å². The smallest absolute Gasteiger partial charge is 0.340 e. The molecule has 5 heteroatoms. The number of halogens is 1. The van der Waals surface area contributed by atoms with E-state index in [2.05, 4.69) is 9.64 Å². The van der Waals surface area contributed by atoms with E-state index in [0.717, 1.165) is 18.5 Å². The van der Waals surface area contributed by atoms with Gasteiger partial charge in [0.25, 0.3) is 0 Å². The van der Waals surface area contributed by atoms with Crippen molar-refractivity contribution in [1.82, 2.24) is 4.90 Å². The number of carbonyl (C=O) groups is 1. The van der Waals surface area contributed by atoms with Gasteiger partial charge in [-0.2, -0.15) is 0 Å². The number of nitrogens with zero attached hydrogens (tertiary/aromatic N) is 1. The SMILES string of the molecule is COC(=O)c1ccc(CN2CCC(O)C2)cc1F. The highest BCUT2D eigenvalue weighted by atomic mass is 19.1. The lowest BCUT2D eigenvalue weighted by Crippen LogP contribution is -2.21. The molecular weight excluding hydrogens is 237 g/mol. The zero-order valence-corrected chi connectivity index (χ0v) is 10.2. The van der Waals surface area contributed by atoms with Crippen molar-refractivity contribution >= 4 is 5.97 Å². The lowest BCUT2D eigenvalue weighted by molar-refractivity contribution is 0.0595. The van der Waals surface area contributed by atoms with Crippen molar-refractivity contribution < 1.29 is 19.0 Å². The van der Waals surface area contributed by atoms with Gasteiger partial charge >= 0.3 is 5.97 Å². The summed E-state index contributed by atoms with van der Waals surface area (Å²) in [7, 11) is 1.22. The van der Waals surface area contributed by atoms with Crippen LogP contribution < -0.4 is 0 Å². The molecule has 0 saturated carbocycles. The Bertz CT molecular complexity index is 450. The fourth-order valence-electron chi connectivity index (χ4n) is 2.15. The van der Waals surface area contributed by atoms with Crippen LogP contribution in [0.3, 0.4) is 0 Å². The Labute approximate surface area is 105 Å². The van der Waals surface area contributed by atoms with Crippen LogP contribution in [0.1, 0.15) is 22.3 Å². The van der Waals surface area contributed by atoms with Crippen molar-refractivity contribution in [2.45, 2.75) is 19.1 Å². The zero-order chi connectivity index (χ0) is 13.1. The average molecular weight is 253 g/mol. The van der Waals surface area contributed by atoms with Gasteiger partial charge in [0.1, 0.15) is 5.82 Å². The Morgan fingerprint density at radius 3 is 2.94 bits per heavy atom. The topological polar surface area (TPSA) is 49.8 Å². The Morgan fingerprint density at radius 2 is 2.39 bits per heavy atom. The van der Waals surface area contributed by atoms with E-state index in [9.17, 15) is 14.3 Å². The Hall–Kier alpha value is -1.46. The van der Waals surface area contributed by atoms with Gasteiger partial charge in [0.05, 0.1) is 18.8 Å². The van der Waals surface area contributed by atoms with E-state index in [0.29, 0.717) is 13.1 Å². The van der Waals surface area contributed by atoms with Crippen molar-refractivity contribution in [2.24, 2.45) is 0 Å². The number of likely N-dealkylation sites (tertiary alicyclic amines) is 1. The van der Waals surface area contributed by atoms with Crippen LogP contribution in [0.5, 0.6) is 0 Å². The highest BCUT2D eigenvalue weighted by molar-refractivity contribution is 5.89. The minimum Gasteiger partial charge on any atom is -0.465 e. The highest BCUT2D eigenvalue weighted by Crippen LogP contribution is 2.16. The number of β-amino-alcohol motifs (C(OH)–C–C–N with tert-alkyl or cyclic N) is 1. The summed E-state index contributed by atoms with van der Waals surface area (Å²) in [6.45, 7) is 2.00. The third kappa shape index (κ3) is 2.86. The molecule has 18 heavy (non-hydrogen) atoms. The van der Waals surface area contributed by atoms with E-state index in [1.165, 1.54) is 19.2 Å². The number of hydrogen-bond donors (Lipinski definition) is 1. The summed E-state index contributed by atoms with van der Waals surface area (Å²) >= 11 is 0. The zero-order valence-electron chi connectivity index (χ0n) is 10.2. The fourth-order valence-corrected chi connectivity index (χ4v) is 2.15. The molecule has 2 rings (SSSR count). The summed E-state index contributed by atoms with van der Waals surface area (Å²) in [5.74, 6) is -1.24. The van der Waals surface area contributed by atoms with E-state index in [-0.39, 0.29) is 11.7 Å². The molecule has 0 spiro atoms. The predicted molar refractivity (Wildman–Crippen MR) is 63.6 cm³/mol. The predicted octanol–water partition coefficient (Wildman–Crippen LogP) is 1.18. The monoisotopic (exact) mass is 253 g/mol. The number of aliphatic hydroxyl groups is 1. The molecule has 0 radical (unpaired) electrons. The van der Waals surface area contributed by atoms with Crippen LogP contribution in [0.2, 0.25) is 0 Å². The number of rotatable bonds is 3. The third-order valence-electron chi connectivity index (χ3n) is 3.09. The number of esters is 1. The van der Waals surface area contributed by atoms with E-state index in [4.69, 9.17) is 0 Å². The Balaban J connectivity index is 2.07. The van der Waals surface area contributed by atoms with Crippen molar-refractivity contribution in [3.05, 3.63) is 35.1 Å². The second-order valence-corrected chi connectivity index (χ2v) is 4.48. The highest BCUT2D eigenvalue weighted by Gasteiger charge is 2.20. The standard InChI is InChI=1S/C13H16FNO3/c1-18-13(17)11-3-2-9(6-12(11)14)7-15-5-4-10(16)8-15/h2-3,6,10,16H,4-5,7-8H2,1H3. The van der Waals surface area contributed by atoms with Gasteiger partial charge in [0.2, 0.25) is 0 Å². The van der Waals surface area contributed by atoms with Crippen LogP contribution >= 0.6 is 0 Å². The molecule has 1 fully saturated rings. The summed E-state index contributed by atoms with van der Waals surface area (Å²) in [5, 5.41) is 9.40. The second-order valence-electron chi connectivity index (χ2n) is 4.48. The summed E-state index contributed by atoms with van der Waals surface area (Å²) in [5.41, 5.74) is 0.733. The first-order valence-corrected chi connectivity index (χ1v) is 5.87. The largest absolute Gasteiger partial charge is 0.465 e. The van der Waals surface area contributed by atoms with Gasteiger partial charge in [-0.1, -0.05) is 6.07 Å². The first-order chi connectivity index (χ1) is 8.60. The summed E-state index contributed by atoms with van der Waals surface area (Å²) in [4.78, 5) is 13.3. The number of hydrogen-bond acceptors (Lipinski definition) is 4. The molecule has 0 aromatic heterocycles. The van der Waals surface area contributed by atoms with E-state index >= 15 is 0 Å². The lowest BCUT2D eigenvalue weighted by Gasteiger charge is -2.15. The number of ether oxygens (including phenoxy) is 1. The molecule has 1 N–H and O–H groups in total. The molecular formula is C13H16FNO3. The first kappa shape index (κ1) is 13.0. The van der Waals surface area contributed by atoms with Crippen LogP contribution in [0.25, 0.3) is 0 Å². The number of benzene rings is 1. The lowest BCUT2D eigenvalue weighted by atomic mass is 10.1. The van der Waals surface area contributed by atoms with Gasteiger partial charge in [-0.3, -0.25) is 4.90 Å². The first-order valence-electron chi connectivity index (χ1n) is 5.87. The Morgan fingerprint density at radius 1 is 1.61 bits per heavy atom.